The molecule has 0 saturated heterocycles. The molecule has 0 aliphatic rings. The first-order valence-corrected chi connectivity index (χ1v) is 6.06. The minimum Gasteiger partial charge on any atom is -0.299 e. The van der Waals surface area contributed by atoms with E-state index in [9.17, 15) is 9.59 Å². The van der Waals surface area contributed by atoms with Gasteiger partial charge in [-0.15, -0.1) is 0 Å². The Morgan fingerprint density at radius 2 is 1.71 bits per heavy atom. The molecule has 0 unspecified atom stereocenters. The van der Waals surface area contributed by atoms with E-state index in [1.807, 2.05) is 0 Å². The fraction of sp³-hybridized carbons (Fsp3) is 0.273. The molecule has 92 valence electrons. The van der Waals surface area contributed by atoms with Gasteiger partial charge in [0.2, 0.25) is 5.24 Å². The summed E-state index contributed by atoms with van der Waals surface area (Å²) < 4.78 is 0. The predicted octanol–water partition coefficient (Wildman–Crippen LogP) is 2.98. The van der Waals surface area contributed by atoms with Crippen molar-refractivity contribution in [2.75, 3.05) is 4.90 Å². The van der Waals surface area contributed by atoms with Crippen LogP contribution >= 0.6 is 34.8 Å². The highest BCUT2D eigenvalue weighted by atomic mass is 35.5. The molecule has 6 heteroatoms. The second-order valence-electron chi connectivity index (χ2n) is 3.32. The number of halogens is 3. The summed E-state index contributed by atoms with van der Waals surface area (Å²) >= 11 is 16.5. The average Bonchev–Trinajstić information content (AvgIpc) is 2.30. The van der Waals surface area contributed by atoms with Crippen molar-refractivity contribution in [3.8, 4) is 0 Å². The third-order valence-electron chi connectivity index (χ3n) is 2.17. The molecule has 0 radical (unpaired) electrons. The molecule has 0 N–H and O–H groups in total. The lowest BCUT2D eigenvalue weighted by molar-refractivity contribution is -0.120. The molecule has 1 atom stereocenters. The van der Waals surface area contributed by atoms with Gasteiger partial charge in [0.1, 0.15) is 6.04 Å². The Kier molecular flexibility index (Phi) is 5.25. The van der Waals surface area contributed by atoms with Gasteiger partial charge >= 0.3 is 0 Å². The van der Waals surface area contributed by atoms with Crippen molar-refractivity contribution in [3.63, 3.8) is 0 Å². The lowest BCUT2D eigenvalue weighted by atomic mass is 10.2. The van der Waals surface area contributed by atoms with Gasteiger partial charge in [0.05, 0.1) is 0 Å². The lowest BCUT2D eigenvalue weighted by Crippen LogP contribution is -2.44. The second-order valence-corrected chi connectivity index (χ2v) is 4.79. The van der Waals surface area contributed by atoms with Gasteiger partial charge in [-0.05, 0) is 30.7 Å². The number of nitrogens with zero attached hydrogens (tertiary/aromatic N) is 1. The smallest absolute Gasteiger partial charge is 0.260 e. The van der Waals surface area contributed by atoms with Gasteiger partial charge in [0.15, 0.2) is 4.84 Å². The van der Waals surface area contributed by atoms with Crippen LogP contribution in [0.2, 0.25) is 0 Å². The van der Waals surface area contributed by atoms with E-state index in [4.69, 9.17) is 34.8 Å². The fourth-order valence-corrected chi connectivity index (χ4v) is 1.64. The van der Waals surface area contributed by atoms with Gasteiger partial charge in [-0.25, -0.2) is 0 Å². The van der Waals surface area contributed by atoms with Crippen LogP contribution in [0, 0.1) is 0 Å². The number of carbonyl (C=O) groups is 2. The number of para-hydroxylation sites is 1. The van der Waals surface area contributed by atoms with Crippen molar-refractivity contribution in [2.24, 2.45) is 0 Å². The van der Waals surface area contributed by atoms with Crippen LogP contribution in [-0.2, 0) is 9.59 Å². The Morgan fingerprint density at radius 3 is 2.12 bits per heavy atom. The Bertz CT molecular complexity index is 408. The SMILES string of the molecule is C[C@@H](C(=O)Cl)N(C(=O)C(Cl)Cl)c1ccccc1. The molecule has 0 fully saturated rings. The van der Waals surface area contributed by atoms with Crippen LogP contribution in [0.3, 0.4) is 0 Å². The van der Waals surface area contributed by atoms with Crippen molar-refractivity contribution in [1.82, 2.24) is 0 Å². The first kappa shape index (κ1) is 14.3. The third-order valence-corrected chi connectivity index (χ3v) is 2.86. The van der Waals surface area contributed by atoms with Crippen molar-refractivity contribution >= 4 is 51.6 Å². The lowest BCUT2D eigenvalue weighted by Gasteiger charge is -2.27. The number of rotatable bonds is 4. The highest BCUT2D eigenvalue weighted by Gasteiger charge is 2.29. The monoisotopic (exact) mass is 293 g/mol. The first-order chi connectivity index (χ1) is 7.95. The molecule has 1 rings (SSSR count). The molecule has 0 spiro atoms. The van der Waals surface area contributed by atoms with Crippen LogP contribution in [-0.4, -0.2) is 22.0 Å². The molecule has 17 heavy (non-hydrogen) atoms. The quantitative estimate of drug-likeness (QED) is 0.632. The molecule has 1 aromatic carbocycles. The van der Waals surface area contributed by atoms with E-state index in [2.05, 4.69) is 0 Å². The van der Waals surface area contributed by atoms with Crippen molar-refractivity contribution < 1.29 is 9.59 Å². The second kappa shape index (κ2) is 6.24. The van der Waals surface area contributed by atoms with Gasteiger partial charge in [-0.3, -0.25) is 14.5 Å². The summed E-state index contributed by atoms with van der Waals surface area (Å²) in [6.45, 7) is 1.51. The highest BCUT2D eigenvalue weighted by Crippen LogP contribution is 2.21. The number of hydrogen-bond donors (Lipinski definition) is 0. The Labute approximate surface area is 114 Å². The molecule has 1 amide bonds. The van der Waals surface area contributed by atoms with Crippen molar-refractivity contribution in [1.29, 1.82) is 0 Å². The summed E-state index contributed by atoms with van der Waals surface area (Å²) in [6, 6.07) is 7.77. The Hall–Kier alpha value is -0.770. The van der Waals surface area contributed by atoms with Crippen LogP contribution in [0.15, 0.2) is 30.3 Å². The van der Waals surface area contributed by atoms with Crippen LogP contribution < -0.4 is 4.90 Å². The van der Waals surface area contributed by atoms with Crippen LogP contribution in [0.1, 0.15) is 6.92 Å². The maximum atomic E-state index is 11.8. The van der Waals surface area contributed by atoms with Gasteiger partial charge < -0.3 is 0 Å². The Balaban J connectivity index is 3.12. The number of anilines is 1. The van der Waals surface area contributed by atoms with Gasteiger partial charge in [-0.1, -0.05) is 41.4 Å². The molecule has 0 saturated carbocycles. The van der Waals surface area contributed by atoms with Gasteiger partial charge in [0.25, 0.3) is 5.91 Å². The Morgan fingerprint density at radius 1 is 1.18 bits per heavy atom. The summed E-state index contributed by atoms with van der Waals surface area (Å²) in [7, 11) is 0. The molecular formula is C11H10Cl3NO2. The number of hydrogen-bond acceptors (Lipinski definition) is 2. The zero-order valence-corrected chi connectivity index (χ0v) is 11.2. The standard InChI is InChI=1S/C11H10Cl3NO2/c1-7(10(14)16)15(11(17)9(12)13)8-5-3-2-4-6-8/h2-7,9H,1H3/t7-/m0/s1. The molecule has 0 aliphatic heterocycles. The van der Waals surface area contributed by atoms with Crippen molar-refractivity contribution in [3.05, 3.63) is 30.3 Å². The predicted molar refractivity (Wildman–Crippen MR) is 69.7 cm³/mol. The molecule has 0 bridgehead atoms. The van der Waals surface area contributed by atoms with Crippen molar-refractivity contribution in [2.45, 2.75) is 17.8 Å². The third kappa shape index (κ3) is 3.60. The van der Waals surface area contributed by atoms with E-state index in [-0.39, 0.29) is 0 Å². The number of benzene rings is 1. The zero-order chi connectivity index (χ0) is 13.0. The molecule has 0 aliphatic carbocycles. The zero-order valence-electron chi connectivity index (χ0n) is 8.94. The van der Waals surface area contributed by atoms with E-state index in [1.54, 1.807) is 30.3 Å². The van der Waals surface area contributed by atoms with E-state index in [0.717, 1.165) is 0 Å². The summed E-state index contributed by atoms with van der Waals surface area (Å²) in [5, 5.41) is -0.656. The maximum absolute atomic E-state index is 11.8. The van der Waals surface area contributed by atoms with E-state index < -0.39 is 22.0 Å². The van der Waals surface area contributed by atoms with Crippen LogP contribution in [0.5, 0.6) is 0 Å². The topological polar surface area (TPSA) is 37.4 Å². The number of amides is 1. The van der Waals surface area contributed by atoms with E-state index in [0.29, 0.717) is 5.69 Å². The molecule has 1 aromatic rings. The normalized spacial score (nSPS) is 12.3. The fourth-order valence-electron chi connectivity index (χ4n) is 1.34. The summed E-state index contributed by atoms with van der Waals surface area (Å²) in [6.07, 6.45) is 0. The van der Waals surface area contributed by atoms with E-state index >= 15 is 0 Å². The molecule has 3 nitrogen and oxygen atoms in total. The van der Waals surface area contributed by atoms with Crippen LogP contribution in [0.4, 0.5) is 5.69 Å². The highest BCUT2D eigenvalue weighted by molar-refractivity contribution is 6.65. The minimum atomic E-state index is -1.24. The van der Waals surface area contributed by atoms with Gasteiger partial charge in [0, 0.05) is 5.69 Å². The molecule has 0 heterocycles. The van der Waals surface area contributed by atoms with E-state index in [1.165, 1.54) is 11.8 Å². The van der Waals surface area contributed by atoms with Crippen LogP contribution in [0.25, 0.3) is 0 Å². The average molecular weight is 295 g/mol. The largest absolute Gasteiger partial charge is 0.299 e. The summed E-state index contributed by atoms with van der Waals surface area (Å²) in [5.74, 6) is -0.582. The number of carbonyl (C=O) groups excluding carboxylic acids is 2. The molecule has 0 aromatic heterocycles. The summed E-state index contributed by atoms with van der Waals surface area (Å²) in [5.41, 5.74) is 0.519. The maximum Gasteiger partial charge on any atom is 0.260 e. The molecular weight excluding hydrogens is 284 g/mol. The number of alkyl halides is 2. The first-order valence-electron chi connectivity index (χ1n) is 4.80. The summed E-state index contributed by atoms with van der Waals surface area (Å²) in [4.78, 5) is 23.0. The van der Waals surface area contributed by atoms with Gasteiger partial charge in [-0.2, -0.15) is 0 Å². The minimum absolute atomic E-state index is 0.519.